The van der Waals surface area contributed by atoms with Crippen molar-refractivity contribution in [2.24, 2.45) is 10.9 Å². The van der Waals surface area contributed by atoms with Crippen LogP contribution >= 0.6 is 0 Å². The van der Waals surface area contributed by atoms with Crippen molar-refractivity contribution >= 4 is 6.21 Å². The Balaban J connectivity index is 2.28. The first-order valence-corrected chi connectivity index (χ1v) is 5.37. The maximum Gasteiger partial charge on any atom is 0.0392 e. The van der Waals surface area contributed by atoms with Gasteiger partial charge in [-0.3, -0.25) is 4.99 Å². The second kappa shape index (κ2) is 6.36. The monoisotopic (exact) mass is 189 g/mol. The maximum absolute atomic E-state index is 4.40. The Morgan fingerprint density at radius 2 is 2.00 bits per heavy atom. The Morgan fingerprint density at radius 1 is 1.29 bits per heavy atom. The summed E-state index contributed by atoms with van der Waals surface area (Å²) in [6.45, 7) is 5.45. The van der Waals surface area contributed by atoms with Gasteiger partial charge in [0.05, 0.1) is 0 Å². The predicted octanol–water partition coefficient (Wildman–Crippen LogP) is 3.54. The zero-order valence-corrected chi connectivity index (χ0v) is 9.11. The number of hydrogen-bond acceptors (Lipinski definition) is 1. The highest BCUT2D eigenvalue weighted by atomic mass is 14.7. The Kier molecular flexibility index (Phi) is 4.98. The maximum atomic E-state index is 4.40. The largest absolute Gasteiger partial charge is 0.293 e. The molecule has 1 aromatic rings. The van der Waals surface area contributed by atoms with E-state index in [9.17, 15) is 0 Å². The average molecular weight is 189 g/mol. The van der Waals surface area contributed by atoms with Crippen LogP contribution in [0.15, 0.2) is 35.3 Å². The molecule has 1 rings (SSSR count). The number of hydrogen-bond donors (Lipinski definition) is 0. The van der Waals surface area contributed by atoms with Crippen LogP contribution in [0, 0.1) is 5.92 Å². The third-order valence-corrected chi connectivity index (χ3v) is 2.49. The molecule has 0 saturated heterocycles. The van der Waals surface area contributed by atoms with Crippen molar-refractivity contribution in [3.05, 3.63) is 35.9 Å². The Morgan fingerprint density at radius 3 is 2.64 bits per heavy atom. The molecule has 0 aromatic heterocycles. The van der Waals surface area contributed by atoms with Gasteiger partial charge in [0.1, 0.15) is 0 Å². The van der Waals surface area contributed by atoms with Crippen LogP contribution in [0.4, 0.5) is 0 Å². The standard InChI is InChI=1S/C13H19N/c1-3-12(2)9-10-14-11-13-7-5-4-6-8-13/h4-8,11-12H,3,9-10H2,1-2H3/t12-/m0/s1. The number of nitrogens with zero attached hydrogens (tertiary/aromatic N) is 1. The molecule has 0 spiro atoms. The zero-order chi connectivity index (χ0) is 10.2. The first kappa shape index (κ1) is 11.0. The lowest BCUT2D eigenvalue weighted by atomic mass is 10.1. The van der Waals surface area contributed by atoms with Crippen molar-refractivity contribution in [2.75, 3.05) is 6.54 Å². The Bertz CT molecular complexity index is 264. The molecule has 14 heavy (non-hydrogen) atoms. The topological polar surface area (TPSA) is 12.4 Å². The summed E-state index contributed by atoms with van der Waals surface area (Å²) in [5.74, 6) is 0.794. The van der Waals surface area contributed by atoms with Crippen LogP contribution in [0.1, 0.15) is 32.3 Å². The molecule has 0 N–H and O–H groups in total. The van der Waals surface area contributed by atoms with Gasteiger partial charge in [-0.05, 0) is 17.9 Å². The van der Waals surface area contributed by atoms with Gasteiger partial charge in [-0.25, -0.2) is 0 Å². The van der Waals surface area contributed by atoms with Crippen molar-refractivity contribution in [1.82, 2.24) is 0 Å². The molecule has 0 unspecified atom stereocenters. The quantitative estimate of drug-likeness (QED) is 0.628. The van der Waals surface area contributed by atoms with Crippen molar-refractivity contribution < 1.29 is 0 Å². The molecule has 0 aliphatic carbocycles. The van der Waals surface area contributed by atoms with Gasteiger partial charge in [-0.15, -0.1) is 0 Å². The lowest BCUT2D eigenvalue weighted by Gasteiger charge is -2.03. The molecule has 0 amide bonds. The van der Waals surface area contributed by atoms with Crippen LogP contribution in [0.25, 0.3) is 0 Å². The van der Waals surface area contributed by atoms with Gasteiger partial charge in [0, 0.05) is 12.8 Å². The summed E-state index contributed by atoms with van der Waals surface area (Å²) in [5, 5.41) is 0. The smallest absolute Gasteiger partial charge is 0.0392 e. The third-order valence-electron chi connectivity index (χ3n) is 2.49. The van der Waals surface area contributed by atoms with Crippen LogP contribution in [0.5, 0.6) is 0 Å². The number of benzene rings is 1. The summed E-state index contributed by atoms with van der Waals surface area (Å²) in [4.78, 5) is 4.40. The van der Waals surface area contributed by atoms with Gasteiger partial charge >= 0.3 is 0 Å². The average Bonchev–Trinajstić information content (AvgIpc) is 2.25. The lowest BCUT2D eigenvalue weighted by molar-refractivity contribution is 0.525. The van der Waals surface area contributed by atoms with Crippen LogP contribution in [-0.4, -0.2) is 12.8 Å². The fraction of sp³-hybridized carbons (Fsp3) is 0.462. The van der Waals surface area contributed by atoms with E-state index >= 15 is 0 Å². The van der Waals surface area contributed by atoms with Crippen molar-refractivity contribution in [3.8, 4) is 0 Å². The highest BCUT2D eigenvalue weighted by Crippen LogP contribution is 2.05. The van der Waals surface area contributed by atoms with Crippen LogP contribution in [0.3, 0.4) is 0 Å². The van der Waals surface area contributed by atoms with E-state index in [1.165, 1.54) is 18.4 Å². The van der Waals surface area contributed by atoms with Gasteiger partial charge in [0.25, 0.3) is 0 Å². The first-order valence-electron chi connectivity index (χ1n) is 5.37. The Labute approximate surface area is 86.9 Å². The molecule has 0 saturated carbocycles. The molecule has 0 radical (unpaired) electrons. The minimum absolute atomic E-state index is 0.794. The third kappa shape index (κ3) is 4.22. The minimum atomic E-state index is 0.794. The van der Waals surface area contributed by atoms with Crippen molar-refractivity contribution in [3.63, 3.8) is 0 Å². The molecule has 0 fully saturated rings. The van der Waals surface area contributed by atoms with E-state index in [-0.39, 0.29) is 0 Å². The van der Waals surface area contributed by atoms with E-state index in [4.69, 9.17) is 0 Å². The summed E-state index contributed by atoms with van der Waals surface area (Å²) in [6.07, 6.45) is 4.41. The molecule has 1 atom stereocenters. The van der Waals surface area contributed by atoms with E-state index in [0.717, 1.165) is 12.5 Å². The molecular weight excluding hydrogens is 170 g/mol. The Hall–Kier alpha value is -1.11. The van der Waals surface area contributed by atoms with E-state index in [1.54, 1.807) is 0 Å². The predicted molar refractivity (Wildman–Crippen MR) is 63.0 cm³/mol. The molecule has 76 valence electrons. The van der Waals surface area contributed by atoms with Gasteiger partial charge in [-0.2, -0.15) is 0 Å². The highest BCUT2D eigenvalue weighted by Gasteiger charge is 1.95. The summed E-state index contributed by atoms with van der Waals surface area (Å²) in [5.41, 5.74) is 1.19. The van der Waals surface area contributed by atoms with Crippen LogP contribution < -0.4 is 0 Å². The van der Waals surface area contributed by atoms with Gasteiger partial charge < -0.3 is 0 Å². The molecule has 0 heterocycles. The van der Waals surface area contributed by atoms with E-state index < -0.39 is 0 Å². The molecule has 0 aliphatic heterocycles. The number of rotatable bonds is 5. The fourth-order valence-corrected chi connectivity index (χ4v) is 1.21. The van der Waals surface area contributed by atoms with E-state index in [0.29, 0.717) is 0 Å². The van der Waals surface area contributed by atoms with Crippen LogP contribution in [-0.2, 0) is 0 Å². The highest BCUT2D eigenvalue weighted by molar-refractivity contribution is 5.79. The second-order valence-corrected chi connectivity index (χ2v) is 3.75. The second-order valence-electron chi connectivity index (χ2n) is 3.75. The summed E-state index contributed by atoms with van der Waals surface area (Å²) < 4.78 is 0. The van der Waals surface area contributed by atoms with Gasteiger partial charge in [0.2, 0.25) is 0 Å². The number of aliphatic imine (C=N–C) groups is 1. The van der Waals surface area contributed by atoms with Crippen LogP contribution in [0.2, 0.25) is 0 Å². The minimum Gasteiger partial charge on any atom is -0.293 e. The molecule has 1 heteroatoms. The van der Waals surface area contributed by atoms with E-state index in [2.05, 4.69) is 31.0 Å². The zero-order valence-electron chi connectivity index (χ0n) is 9.11. The molecule has 1 nitrogen and oxygen atoms in total. The van der Waals surface area contributed by atoms with E-state index in [1.807, 2.05) is 24.4 Å². The summed E-state index contributed by atoms with van der Waals surface area (Å²) in [6, 6.07) is 10.3. The molecule has 0 aliphatic rings. The normalized spacial score (nSPS) is 13.3. The molecular formula is C13H19N. The summed E-state index contributed by atoms with van der Waals surface area (Å²) >= 11 is 0. The molecule has 0 bridgehead atoms. The van der Waals surface area contributed by atoms with Gasteiger partial charge in [-0.1, -0.05) is 50.6 Å². The van der Waals surface area contributed by atoms with Crippen molar-refractivity contribution in [2.45, 2.75) is 26.7 Å². The first-order chi connectivity index (χ1) is 6.83. The van der Waals surface area contributed by atoms with Gasteiger partial charge in [0.15, 0.2) is 0 Å². The molecule has 1 aromatic carbocycles. The van der Waals surface area contributed by atoms with Crippen molar-refractivity contribution in [1.29, 1.82) is 0 Å². The summed E-state index contributed by atoms with van der Waals surface area (Å²) in [7, 11) is 0. The SMILES string of the molecule is CC[C@H](C)CCN=Cc1ccccc1. The lowest BCUT2D eigenvalue weighted by Crippen LogP contribution is -1.94. The fourth-order valence-electron chi connectivity index (χ4n) is 1.21.